The van der Waals surface area contributed by atoms with E-state index in [0.717, 1.165) is 12.1 Å². The normalized spacial score (nSPS) is 10.4. The highest BCUT2D eigenvalue weighted by Gasteiger charge is 1.92. The Balaban J connectivity index is 2.27. The van der Waals surface area contributed by atoms with E-state index in [1.807, 2.05) is 18.2 Å². The minimum absolute atomic E-state index is 0.429. The zero-order valence-electron chi connectivity index (χ0n) is 9.40. The maximum Gasteiger partial charge on any atom is 0.189 e. The first-order valence-corrected chi connectivity index (χ1v) is 5.16. The fraction of sp³-hybridized carbons (Fsp3) is 0.333. The molecule has 0 aromatic carbocycles. The van der Waals surface area contributed by atoms with E-state index in [1.54, 1.807) is 13.1 Å². The van der Waals surface area contributed by atoms with E-state index >= 15 is 0 Å². The maximum atomic E-state index is 5.63. The molecule has 0 unspecified atom stereocenters. The standard InChI is InChI=1S/C12H16N4/c1-2-3-8-15-12(13)16-10-7-11-6-4-5-9-14-11/h4-6,9H,7-8,10H2,1H3,(H3,13,15,16). The van der Waals surface area contributed by atoms with E-state index in [2.05, 4.69) is 27.1 Å². The Kier molecular flexibility index (Phi) is 5.49. The third-order valence-electron chi connectivity index (χ3n) is 1.91. The van der Waals surface area contributed by atoms with Crippen LogP contribution in [0.3, 0.4) is 0 Å². The zero-order valence-corrected chi connectivity index (χ0v) is 9.40. The van der Waals surface area contributed by atoms with Crippen LogP contribution in [-0.2, 0) is 6.42 Å². The Morgan fingerprint density at radius 2 is 2.44 bits per heavy atom. The van der Waals surface area contributed by atoms with Gasteiger partial charge in [-0.25, -0.2) is 0 Å². The predicted octanol–water partition coefficient (Wildman–Crippen LogP) is 0.552. The molecule has 1 rings (SSSR count). The Morgan fingerprint density at radius 1 is 1.56 bits per heavy atom. The van der Waals surface area contributed by atoms with E-state index in [0.29, 0.717) is 19.0 Å². The van der Waals surface area contributed by atoms with Crippen LogP contribution >= 0.6 is 0 Å². The molecular formula is C12H16N4. The Hall–Kier alpha value is -2.02. The number of aromatic nitrogens is 1. The lowest BCUT2D eigenvalue weighted by molar-refractivity contribution is 0.903. The van der Waals surface area contributed by atoms with Crippen LogP contribution in [0.15, 0.2) is 29.4 Å². The topological polar surface area (TPSA) is 63.3 Å². The van der Waals surface area contributed by atoms with Gasteiger partial charge in [-0.15, -0.1) is 5.92 Å². The van der Waals surface area contributed by atoms with E-state index in [4.69, 9.17) is 5.73 Å². The number of guanidine groups is 1. The highest BCUT2D eigenvalue weighted by molar-refractivity contribution is 5.78. The van der Waals surface area contributed by atoms with Gasteiger partial charge in [-0.3, -0.25) is 9.98 Å². The monoisotopic (exact) mass is 216 g/mol. The second-order valence-corrected chi connectivity index (χ2v) is 3.12. The van der Waals surface area contributed by atoms with Gasteiger partial charge in [0.1, 0.15) is 0 Å². The summed E-state index contributed by atoms with van der Waals surface area (Å²) in [4.78, 5) is 8.36. The highest BCUT2D eigenvalue weighted by Crippen LogP contribution is 1.94. The number of nitrogens with zero attached hydrogens (tertiary/aromatic N) is 2. The minimum Gasteiger partial charge on any atom is -0.370 e. The SMILES string of the molecule is CC#CCNC(N)=NCCc1ccccn1. The van der Waals surface area contributed by atoms with Crippen LogP contribution < -0.4 is 11.1 Å². The van der Waals surface area contributed by atoms with E-state index < -0.39 is 0 Å². The maximum absolute atomic E-state index is 5.63. The summed E-state index contributed by atoms with van der Waals surface area (Å²) in [6, 6.07) is 5.83. The Labute approximate surface area is 96.0 Å². The van der Waals surface area contributed by atoms with E-state index in [-0.39, 0.29) is 0 Å². The smallest absolute Gasteiger partial charge is 0.189 e. The van der Waals surface area contributed by atoms with Crippen molar-refractivity contribution < 1.29 is 0 Å². The number of nitrogens with one attached hydrogen (secondary N) is 1. The van der Waals surface area contributed by atoms with Crippen molar-refractivity contribution in [3.05, 3.63) is 30.1 Å². The second-order valence-electron chi connectivity index (χ2n) is 3.12. The molecule has 1 aromatic rings. The number of hydrogen-bond donors (Lipinski definition) is 2. The summed E-state index contributed by atoms with van der Waals surface area (Å²) in [5.41, 5.74) is 6.65. The lowest BCUT2D eigenvalue weighted by atomic mass is 10.3. The first-order chi connectivity index (χ1) is 7.83. The van der Waals surface area contributed by atoms with Gasteiger partial charge < -0.3 is 11.1 Å². The minimum atomic E-state index is 0.429. The average Bonchev–Trinajstić information content (AvgIpc) is 2.31. The largest absolute Gasteiger partial charge is 0.370 e. The lowest BCUT2D eigenvalue weighted by Crippen LogP contribution is -2.32. The molecule has 0 radical (unpaired) electrons. The molecule has 0 fully saturated rings. The van der Waals surface area contributed by atoms with Crippen LogP contribution in [0.5, 0.6) is 0 Å². The van der Waals surface area contributed by atoms with Gasteiger partial charge in [0, 0.05) is 24.9 Å². The van der Waals surface area contributed by atoms with Gasteiger partial charge in [0.05, 0.1) is 6.54 Å². The molecule has 1 heterocycles. The molecule has 0 spiro atoms. The number of hydrogen-bond acceptors (Lipinski definition) is 2. The van der Waals surface area contributed by atoms with Gasteiger partial charge in [0.25, 0.3) is 0 Å². The molecule has 4 nitrogen and oxygen atoms in total. The summed E-state index contributed by atoms with van der Waals surface area (Å²) in [6.07, 6.45) is 2.57. The van der Waals surface area contributed by atoms with Gasteiger partial charge >= 0.3 is 0 Å². The van der Waals surface area contributed by atoms with Crippen LogP contribution in [-0.4, -0.2) is 24.0 Å². The van der Waals surface area contributed by atoms with Gasteiger partial charge in [-0.2, -0.15) is 0 Å². The third kappa shape index (κ3) is 5.01. The molecule has 0 bridgehead atoms. The van der Waals surface area contributed by atoms with Crippen molar-refractivity contribution in [1.82, 2.24) is 10.3 Å². The van der Waals surface area contributed by atoms with Crippen LogP contribution in [0.4, 0.5) is 0 Å². The molecule has 0 aliphatic carbocycles. The molecule has 0 saturated heterocycles. The molecule has 3 N–H and O–H groups in total. The fourth-order valence-corrected chi connectivity index (χ4v) is 1.12. The van der Waals surface area contributed by atoms with Gasteiger partial charge in [-0.1, -0.05) is 12.0 Å². The predicted molar refractivity (Wildman–Crippen MR) is 65.9 cm³/mol. The molecule has 4 heteroatoms. The second kappa shape index (κ2) is 7.30. The molecule has 84 valence electrons. The van der Waals surface area contributed by atoms with Gasteiger partial charge in [0.15, 0.2) is 5.96 Å². The summed E-state index contributed by atoms with van der Waals surface area (Å²) in [5, 5.41) is 2.90. The van der Waals surface area contributed by atoms with Crippen molar-refractivity contribution in [2.45, 2.75) is 13.3 Å². The average molecular weight is 216 g/mol. The van der Waals surface area contributed by atoms with Crippen molar-refractivity contribution in [2.75, 3.05) is 13.1 Å². The van der Waals surface area contributed by atoms with E-state index in [1.165, 1.54) is 0 Å². The number of pyridine rings is 1. The summed E-state index contributed by atoms with van der Waals surface area (Å²) >= 11 is 0. The molecule has 0 atom stereocenters. The Bertz CT molecular complexity index is 386. The van der Waals surface area contributed by atoms with Crippen molar-refractivity contribution in [2.24, 2.45) is 10.7 Å². The van der Waals surface area contributed by atoms with Gasteiger partial charge in [-0.05, 0) is 19.1 Å². The number of rotatable bonds is 4. The quantitative estimate of drug-likeness (QED) is 0.439. The molecule has 0 aliphatic rings. The van der Waals surface area contributed by atoms with Crippen LogP contribution in [0, 0.1) is 11.8 Å². The molecule has 0 amide bonds. The summed E-state index contributed by atoms with van der Waals surface area (Å²) in [6.45, 7) is 2.96. The molecule has 1 aromatic heterocycles. The van der Waals surface area contributed by atoms with Crippen LogP contribution in [0.1, 0.15) is 12.6 Å². The fourth-order valence-electron chi connectivity index (χ4n) is 1.12. The van der Waals surface area contributed by atoms with Crippen LogP contribution in [0.2, 0.25) is 0 Å². The molecular weight excluding hydrogens is 200 g/mol. The number of aliphatic imine (C=N–C) groups is 1. The van der Waals surface area contributed by atoms with Crippen molar-refractivity contribution >= 4 is 5.96 Å². The zero-order chi connectivity index (χ0) is 11.6. The lowest BCUT2D eigenvalue weighted by Gasteiger charge is -2.01. The Morgan fingerprint density at radius 3 is 3.12 bits per heavy atom. The molecule has 16 heavy (non-hydrogen) atoms. The first-order valence-electron chi connectivity index (χ1n) is 5.16. The van der Waals surface area contributed by atoms with Crippen molar-refractivity contribution in [3.63, 3.8) is 0 Å². The first kappa shape index (κ1) is 12.1. The summed E-state index contributed by atoms with van der Waals surface area (Å²) in [7, 11) is 0. The summed E-state index contributed by atoms with van der Waals surface area (Å²) in [5.74, 6) is 6.05. The number of nitrogens with two attached hydrogens (primary N) is 1. The molecule has 0 aliphatic heterocycles. The van der Waals surface area contributed by atoms with Crippen molar-refractivity contribution in [3.8, 4) is 11.8 Å². The van der Waals surface area contributed by atoms with Crippen molar-refractivity contribution in [1.29, 1.82) is 0 Å². The van der Waals surface area contributed by atoms with Crippen LogP contribution in [0.25, 0.3) is 0 Å². The van der Waals surface area contributed by atoms with Gasteiger partial charge in [0.2, 0.25) is 0 Å². The molecule has 0 saturated carbocycles. The highest BCUT2D eigenvalue weighted by atomic mass is 15.1. The third-order valence-corrected chi connectivity index (χ3v) is 1.91. The van der Waals surface area contributed by atoms with E-state index in [9.17, 15) is 0 Å². The summed E-state index contributed by atoms with van der Waals surface area (Å²) < 4.78 is 0.